The molecule has 0 aliphatic carbocycles. The third kappa shape index (κ3) is 17.8. The Hall–Kier alpha value is -0.770. The normalized spacial score (nSPS) is 13.9. The Morgan fingerprint density at radius 3 is 1.36 bits per heavy atom. The molecule has 3 N–H and O–H groups in total. The molecule has 0 radical (unpaired) electrons. The summed E-state index contributed by atoms with van der Waals surface area (Å²) < 4.78 is 0. The number of unbranched alkanes of at least 4 members (excludes halogenated alkanes) is 15. The van der Waals surface area contributed by atoms with E-state index in [9.17, 15) is 4.79 Å². The molecule has 0 aromatic rings. The lowest BCUT2D eigenvalue weighted by molar-refractivity contribution is 0.248. The topological polar surface area (TPSA) is 58.1 Å². The molecule has 0 atom stereocenters. The number of nitrogens with one attached hydrogen (secondary N) is 1. The van der Waals surface area contributed by atoms with Crippen LogP contribution in [0.4, 0.5) is 4.79 Å². The number of hydrogen-bond acceptors (Lipinski definition) is 2. The zero-order valence-electron chi connectivity index (χ0n) is 16.6. The van der Waals surface area contributed by atoms with Gasteiger partial charge in [-0.05, 0) is 19.4 Å². The number of amides is 2. The van der Waals surface area contributed by atoms with Crippen LogP contribution in [-0.4, -0.2) is 37.1 Å². The minimum Gasteiger partial charge on any atom is -0.352 e. The molecule has 25 heavy (non-hydrogen) atoms. The van der Waals surface area contributed by atoms with E-state index >= 15 is 0 Å². The minimum atomic E-state index is -0.401. The van der Waals surface area contributed by atoms with Crippen molar-refractivity contribution in [3.63, 3.8) is 0 Å². The average molecular weight is 354 g/mol. The van der Waals surface area contributed by atoms with Crippen molar-refractivity contribution in [1.29, 1.82) is 0 Å². The first-order chi connectivity index (χ1) is 12.3. The number of hydrogen-bond donors (Lipinski definition) is 2. The number of rotatable bonds is 19. The van der Waals surface area contributed by atoms with E-state index in [2.05, 4.69) is 10.2 Å². The van der Waals surface area contributed by atoms with Crippen LogP contribution < -0.4 is 11.1 Å². The molecule has 0 saturated carbocycles. The van der Waals surface area contributed by atoms with Gasteiger partial charge in [0, 0.05) is 19.6 Å². The summed E-state index contributed by atoms with van der Waals surface area (Å²) in [5.74, 6) is 0. The average Bonchev–Trinajstić information content (AvgIpc) is 3.41. The summed E-state index contributed by atoms with van der Waals surface area (Å²) in [4.78, 5) is 13.0. The maximum Gasteiger partial charge on any atom is 0.312 e. The van der Waals surface area contributed by atoms with Gasteiger partial charge in [0.1, 0.15) is 0 Å². The first kappa shape index (κ1) is 22.3. The number of carbonyl (C=O) groups excluding carboxylic acids is 1. The van der Waals surface area contributed by atoms with E-state index < -0.39 is 6.03 Å². The van der Waals surface area contributed by atoms with Crippen LogP contribution in [0, 0.1) is 0 Å². The van der Waals surface area contributed by atoms with Gasteiger partial charge in [0.15, 0.2) is 0 Å². The molecule has 0 spiro atoms. The van der Waals surface area contributed by atoms with E-state index in [0.29, 0.717) is 0 Å². The Balaban J connectivity index is 1.60. The monoisotopic (exact) mass is 353 g/mol. The molecule has 1 aliphatic rings. The second-order valence-corrected chi connectivity index (χ2v) is 7.79. The van der Waals surface area contributed by atoms with Crippen LogP contribution in [0.5, 0.6) is 0 Å². The molecule has 1 saturated heterocycles. The Bertz CT molecular complexity index is 306. The predicted molar refractivity (Wildman–Crippen MR) is 108 cm³/mol. The summed E-state index contributed by atoms with van der Waals surface area (Å²) in [6.07, 6.45) is 22.1. The van der Waals surface area contributed by atoms with E-state index in [0.717, 1.165) is 13.0 Å². The number of nitrogens with zero attached hydrogens (tertiary/aromatic N) is 1. The lowest BCUT2D eigenvalue weighted by Crippen LogP contribution is -2.29. The quantitative estimate of drug-likeness (QED) is 0.247. The second kappa shape index (κ2) is 16.7. The van der Waals surface area contributed by atoms with Gasteiger partial charge in [-0.15, -0.1) is 0 Å². The van der Waals surface area contributed by atoms with Crippen molar-refractivity contribution in [3.05, 3.63) is 0 Å². The van der Waals surface area contributed by atoms with E-state index in [1.54, 1.807) is 0 Å². The maximum absolute atomic E-state index is 10.5. The summed E-state index contributed by atoms with van der Waals surface area (Å²) in [6, 6.07) is -0.401. The van der Waals surface area contributed by atoms with Crippen molar-refractivity contribution in [2.45, 2.75) is 103 Å². The standard InChI is InChI=1S/C21H43N3O/c22-21(25)23-17-15-13-11-9-7-5-3-1-2-4-6-8-10-12-14-16-18-24-19-20-24/h1-20H2,(H3,22,23,25). The summed E-state index contributed by atoms with van der Waals surface area (Å²) in [5, 5.41) is 2.64. The van der Waals surface area contributed by atoms with Crippen LogP contribution >= 0.6 is 0 Å². The number of nitrogens with two attached hydrogens (primary N) is 1. The molecule has 4 heteroatoms. The summed E-state index contributed by atoms with van der Waals surface area (Å²) >= 11 is 0. The van der Waals surface area contributed by atoms with Crippen molar-refractivity contribution >= 4 is 6.03 Å². The van der Waals surface area contributed by atoms with Gasteiger partial charge >= 0.3 is 6.03 Å². The summed E-state index contributed by atoms with van der Waals surface area (Å²) in [6.45, 7) is 4.80. The van der Waals surface area contributed by atoms with Gasteiger partial charge in [-0.25, -0.2) is 4.79 Å². The van der Waals surface area contributed by atoms with Crippen LogP contribution in [0.1, 0.15) is 103 Å². The zero-order valence-corrected chi connectivity index (χ0v) is 16.6. The third-order valence-electron chi connectivity index (χ3n) is 5.24. The molecule has 1 rings (SSSR count). The van der Waals surface area contributed by atoms with Gasteiger partial charge < -0.3 is 16.0 Å². The molecule has 0 aromatic heterocycles. The third-order valence-corrected chi connectivity index (χ3v) is 5.24. The van der Waals surface area contributed by atoms with Crippen molar-refractivity contribution in [1.82, 2.24) is 10.2 Å². The van der Waals surface area contributed by atoms with Crippen molar-refractivity contribution in [2.75, 3.05) is 26.2 Å². The van der Waals surface area contributed by atoms with Gasteiger partial charge in [0.2, 0.25) is 0 Å². The fourth-order valence-electron chi connectivity index (χ4n) is 3.44. The molecular formula is C21H43N3O. The zero-order chi connectivity index (χ0) is 18.0. The molecule has 1 aliphatic heterocycles. The summed E-state index contributed by atoms with van der Waals surface area (Å²) in [5.41, 5.74) is 5.02. The molecule has 1 heterocycles. The van der Waals surface area contributed by atoms with Crippen molar-refractivity contribution in [2.24, 2.45) is 5.73 Å². The van der Waals surface area contributed by atoms with Crippen LogP contribution in [-0.2, 0) is 0 Å². The highest BCUT2D eigenvalue weighted by Gasteiger charge is 2.14. The van der Waals surface area contributed by atoms with E-state index in [1.807, 2.05) is 0 Å². The van der Waals surface area contributed by atoms with Crippen molar-refractivity contribution in [3.8, 4) is 0 Å². The van der Waals surface area contributed by atoms with Crippen LogP contribution in [0.3, 0.4) is 0 Å². The van der Waals surface area contributed by atoms with Crippen LogP contribution in [0.15, 0.2) is 0 Å². The molecule has 0 unspecified atom stereocenters. The van der Waals surface area contributed by atoms with Gasteiger partial charge in [0.25, 0.3) is 0 Å². The van der Waals surface area contributed by atoms with E-state index in [1.165, 1.54) is 116 Å². The summed E-state index contributed by atoms with van der Waals surface area (Å²) in [7, 11) is 0. The van der Waals surface area contributed by atoms with Gasteiger partial charge in [-0.3, -0.25) is 0 Å². The molecule has 2 amide bonds. The smallest absolute Gasteiger partial charge is 0.312 e. The first-order valence-electron chi connectivity index (χ1n) is 11.0. The highest BCUT2D eigenvalue weighted by molar-refractivity contribution is 5.71. The highest BCUT2D eigenvalue weighted by Crippen LogP contribution is 2.14. The molecule has 148 valence electrons. The fourth-order valence-corrected chi connectivity index (χ4v) is 3.44. The highest BCUT2D eigenvalue weighted by atomic mass is 16.2. The SMILES string of the molecule is NC(=O)NCCCCCCCCCCCCCCCCCCN1CC1. The number of primary amides is 1. The molecule has 4 nitrogen and oxygen atoms in total. The Morgan fingerprint density at radius 2 is 1.00 bits per heavy atom. The van der Waals surface area contributed by atoms with Crippen LogP contribution in [0.25, 0.3) is 0 Å². The van der Waals surface area contributed by atoms with Gasteiger partial charge in [-0.1, -0.05) is 89.9 Å². The Morgan fingerprint density at radius 1 is 0.640 bits per heavy atom. The minimum absolute atomic E-state index is 0.401. The van der Waals surface area contributed by atoms with Gasteiger partial charge in [-0.2, -0.15) is 0 Å². The maximum atomic E-state index is 10.5. The Labute approximate surface area is 156 Å². The van der Waals surface area contributed by atoms with Crippen LogP contribution in [0.2, 0.25) is 0 Å². The number of urea groups is 1. The largest absolute Gasteiger partial charge is 0.352 e. The second-order valence-electron chi connectivity index (χ2n) is 7.79. The Kier molecular flexibility index (Phi) is 14.9. The molecule has 0 bridgehead atoms. The van der Waals surface area contributed by atoms with E-state index in [-0.39, 0.29) is 0 Å². The fraction of sp³-hybridized carbons (Fsp3) is 0.952. The van der Waals surface area contributed by atoms with E-state index in [4.69, 9.17) is 5.73 Å². The lowest BCUT2D eigenvalue weighted by atomic mass is 10.0. The molecule has 1 fully saturated rings. The first-order valence-corrected chi connectivity index (χ1v) is 11.0. The predicted octanol–water partition coefficient (Wildman–Crippen LogP) is 5.21. The molecular weight excluding hydrogens is 310 g/mol. The molecule has 0 aromatic carbocycles. The lowest BCUT2D eigenvalue weighted by Gasteiger charge is -2.04. The number of carbonyl (C=O) groups is 1. The van der Waals surface area contributed by atoms with Gasteiger partial charge in [0.05, 0.1) is 0 Å². The van der Waals surface area contributed by atoms with Crippen molar-refractivity contribution < 1.29 is 4.79 Å².